The Kier molecular flexibility index (Phi) is 8.39. The Labute approximate surface area is 214 Å². The largest absolute Gasteiger partial charge is 0.496 e. The number of aryl methyl sites for hydroxylation is 1. The van der Waals surface area contributed by atoms with Crippen LogP contribution in [-0.2, 0) is 6.42 Å². The van der Waals surface area contributed by atoms with E-state index in [9.17, 15) is 0 Å². The molecule has 0 saturated heterocycles. The number of ether oxygens (including phenoxy) is 1. The highest BCUT2D eigenvalue weighted by Crippen LogP contribution is 2.29. The quantitative estimate of drug-likeness (QED) is 0.239. The molecule has 0 bridgehead atoms. The van der Waals surface area contributed by atoms with Gasteiger partial charge in [-0.2, -0.15) is 0 Å². The number of aromatic nitrogens is 3. The lowest BCUT2D eigenvalue weighted by molar-refractivity contribution is 0.332. The minimum atomic E-state index is 0.701. The Bertz CT molecular complexity index is 1330. The Morgan fingerprint density at radius 2 is 2.00 bits per heavy atom. The van der Waals surface area contributed by atoms with Crippen LogP contribution in [-0.4, -0.2) is 46.5 Å². The molecule has 36 heavy (non-hydrogen) atoms. The number of nitrogens with one attached hydrogen (secondary N) is 1. The molecule has 0 fully saturated rings. The predicted octanol–water partition coefficient (Wildman–Crippen LogP) is 6.85. The van der Waals surface area contributed by atoms with E-state index in [4.69, 9.17) is 9.72 Å². The fraction of sp³-hybridized carbons (Fsp3) is 0.333. The van der Waals surface area contributed by atoms with E-state index in [1.807, 2.05) is 22.9 Å². The van der Waals surface area contributed by atoms with Crippen molar-refractivity contribution < 1.29 is 4.74 Å². The number of imidazole rings is 1. The fourth-order valence-corrected chi connectivity index (χ4v) is 4.50. The van der Waals surface area contributed by atoms with Gasteiger partial charge in [-0.25, -0.2) is 9.97 Å². The van der Waals surface area contributed by atoms with Crippen LogP contribution in [0.4, 0.5) is 11.5 Å². The van der Waals surface area contributed by atoms with Crippen molar-refractivity contribution in [2.45, 2.75) is 39.5 Å². The molecule has 4 aromatic rings. The van der Waals surface area contributed by atoms with Gasteiger partial charge in [0.2, 0.25) is 0 Å². The summed E-state index contributed by atoms with van der Waals surface area (Å²) in [6.45, 7) is 10.9. The first-order chi connectivity index (χ1) is 17.5. The van der Waals surface area contributed by atoms with E-state index in [-0.39, 0.29) is 0 Å². The molecule has 2 heterocycles. The summed E-state index contributed by atoms with van der Waals surface area (Å²) in [7, 11) is 3.89. The molecule has 0 atom stereocenters. The van der Waals surface area contributed by atoms with Gasteiger partial charge >= 0.3 is 0 Å². The first-order valence-corrected chi connectivity index (χ1v) is 12.8. The fourth-order valence-electron chi connectivity index (χ4n) is 4.50. The van der Waals surface area contributed by atoms with Gasteiger partial charge in [0.15, 0.2) is 11.5 Å². The number of methoxy groups -OCH3 is 1. The Morgan fingerprint density at radius 1 is 1.14 bits per heavy atom. The molecule has 6 heteroatoms. The molecule has 0 amide bonds. The SMILES string of the molecule is C=C(CCCN(C)CCC)c1cccc(-c2cn3ccnc3c(Nc3ccc(CC)c(OC)c3)n2)c1. The second-order valence-corrected chi connectivity index (χ2v) is 9.23. The summed E-state index contributed by atoms with van der Waals surface area (Å²) >= 11 is 0. The maximum atomic E-state index is 5.58. The van der Waals surface area contributed by atoms with Crippen LogP contribution < -0.4 is 10.1 Å². The maximum Gasteiger partial charge on any atom is 0.180 e. The van der Waals surface area contributed by atoms with Crippen molar-refractivity contribution in [3.8, 4) is 17.0 Å². The zero-order valence-electron chi connectivity index (χ0n) is 21.9. The van der Waals surface area contributed by atoms with E-state index in [0.29, 0.717) is 5.82 Å². The van der Waals surface area contributed by atoms with Crippen LogP contribution in [0.3, 0.4) is 0 Å². The summed E-state index contributed by atoms with van der Waals surface area (Å²) in [5.74, 6) is 1.57. The van der Waals surface area contributed by atoms with Crippen molar-refractivity contribution in [3.05, 3.63) is 78.8 Å². The summed E-state index contributed by atoms with van der Waals surface area (Å²) in [4.78, 5) is 11.9. The minimum Gasteiger partial charge on any atom is -0.496 e. The summed E-state index contributed by atoms with van der Waals surface area (Å²) in [6, 6.07) is 14.7. The van der Waals surface area contributed by atoms with Crippen LogP contribution in [0.2, 0.25) is 0 Å². The first kappa shape index (κ1) is 25.5. The lowest BCUT2D eigenvalue weighted by Crippen LogP contribution is -2.20. The van der Waals surface area contributed by atoms with Gasteiger partial charge < -0.3 is 19.4 Å². The molecule has 0 aliphatic heterocycles. The molecular formula is C30H37N5O. The van der Waals surface area contributed by atoms with E-state index in [2.05, 4.69) is 79.1 Å². The van der Waals surface area contributed by atoms with Gasteiger partial charge in [0.05, 0.1) is 12.8 Å². The zero-order valence-corrected chi connectivity index (χ0v) is 21.9. The molecule has 2 aromatic heterocycles. The van der Waals surface area contributed by atoms with Crippen LogP contribution in [0.25, 0.3) is 22.5 Å². The Hall–Kier alpha value is -3.64. The third-order valence-corrected chi connectivity index (χ3v) is 6.50. The van der Waals surface area contributed by atoms with Gasteiger partial charge in [-0.3, -0.25) is 0 Å². The number of nitrogens with zero attached hydrogens (tertiary/aromatic N) is 4. The minimum absolute atomic E-state index is 0.701. The van der Waals surface area contributed by atoms with Crippen molar-refractivity contribution in [1.29, 1.82) is 0 Å². The molecule has 0 unspecified atom stereocenters. The van der Waals surface area contributed by atoms with E-state index in [1.165, 1.54) is 12.0 Å². The average molecular weight is 484 g/mol. The van der Waals surface area contributed by atoms with E-state index < -0.39 is 0 Å². The highest BCUT2D eigenvalue weighted by atomic mass is 16.5. The molecule has 4 rings (SSSR count). The molecule has 1 N–H and O–H groups in total. The Balaban J connectivity index is 1.58. The molecule has 0 aliphatic carbocycles. The summed E-state index contributed by atoms with van der Waals surface area (Å²) in [5.41, 5.74) is 7.10. The van der Waals surface area contributed by atoms with Crippen LogP contribution in [0.5, 0.6) is 5.75 Å². The van der Waals surface area contributed by atoms with Crippen molar-refractivity contribution in [3.63, 3.8) is 0 Å². The van der Waals surface area contributed by atoms with Gasteiger partial charge in [0.1, 0.15) is 5.75 Å². The van der Waals surface area contributed by atoms with Gasteiger partial charge in [-0.15, -0.1) is 0 Å². The normalized spacial score (nSPS) is 11.2. The van der Waals surface area contributed by atoms with Gasteiger partial charge in [-0.1, -0.05) is 44.7 Å². The molecule has 6 nitrogen and oxygen atoms in total. The van der Waals surface area contributed by atoms with Crippen molar-refractivity contribution in [2.75, 3.05) is 32.6 Å². The highest BCUT2D eigenvalue weighted by molar-refractivity contribution is 5.76. The lowest BCUT2D eigenvalue weighted by Gasteiger charge is -2.16. The summed E-state index contributed by atoms with van der Waals surface area (Å²) < 4.78 is 7.58. The van der Waals surface area contributed by atoms with Crippen LogP contribution in [0.1, 0.15) is 44.2 Å². The maximum absolute atomic E-state index is 5.58. The number of allylic oxidation sites excluding steroid dienone is 1. The Morgan fingerprint density at radius 3 is 2.78 bits per heavy atom. The molecule has 0 radical (unpaired) electrons. The second kappa shape index (κ2) is 11.9. The number of benzene rings is 2. The monoisotopic (exact) mass is 483 g/mol. The van der Waals surface area contributed by atoms with Crippen LogP contribution in [0, 0.1) is 0 Å². The third kappa shape index (κ3) is 5.94. The highest BCUT2D eigenvalue weighted by Gasteiger charge is 2.12. The smallest absolute Gasteiger partial charge is 0.180 e. The zero-order chi connectivity index (χ0) is 25.5. The number of fused-ring (bicyclic) bond motifs is 1. The standard InChI is InChI=1S/C30H37N5O/c1-6-16-34(4)17-9-10-22(3)24-11-8-12-25(19-24)27-21-35-18-15-31-30(35)29(33-27)32-26-14-13-23(7-2)28(20-26)36-5/h8,11-15,18-21H,3,6-7,9-10,16-17H2,1-2,4-5H3,(H,32,33). The van der Waals surface area contributed by atoms with Gasteiger partial charge in [0.25, 0.3) is 0 Å². The van der Waals surface area contributed by atoms with E-state index in [1.54, 1.807) is 13.3 Å². The molecule has 188 valence electrons. The molecule has 0 saturated carbocycles. The van der Waals surface area contributed by atoms with Crippen molar-refractivity contribution >= 4 is 22.7 Å². The van der Waals surface area contributed by atoms with E-state index in [0.717, 1.165) is 71.8 Å². The summed E-state index contributed by atoms with van der Waals surface area (Å²) in [5, 5.41) is 3.46. The summed E-state index contributed by atoms with van der Waals surface area (Å²) in [6.07, 6.45) is 9.94. The van der Waals surface area contributed by atoms with E-state index >= 15 is 0 Å². The van der Waals surface area contributed by atoms with Crippen molar-refractivity contribution in [1.82, 2.24) is 19.3 Å². The third-order valence-electron chi connectivity index (χ3n) is 6.50. The topological polar surface area (TPSA) is 54.7 Å². The first-order valence-electron chi connectivity index (χ1n) is 12.8. The molecule has 0 aliphatic rings. The lowest BCUT2D eigenvalue weighted by atomic mass is 9.99. The van der Waals surface area contributed by atoms with Crippen LogP contribution >= 0.6 is 0 Å². The predicted molar refractivity (Wildman–Crippen MR) is 150 cm³/mol. The number of anilines is 2. The number of hydrogen-bond acceptors (Lipinski definition) is 5. The molecule has 0 spiro atoms. The van der Waals surface area contributed by atoms with Gasteiger partial charge in [0, 0.05) is 35.9 Å². The number of hydrogen-bond donors (Lipinski definition) is 1. The number of rotatable bonds is 12. The molecular weight excluding hydrogens is 446 g/mol. The van der Waals surface area contributed by atoms with Gasteiger partial charge in [-0.05, 0) is 74.7 Å². The average Bonchev–Trinajstić information content (AvgIpc) is 3.38. The molecule has 2 aromatic carbocycles. The van der Waals surface area contributed by atoms with Crippen LogP contribution in [0.15, 0.2) is 67.6 Å². The van der Waals surface area contributed by atoms with Crippen molar-refractivity contribution in [2.24, 2.45) is 0 Å². The second-order valence-electron chi connectivity index (χ2n) is 9.23.